The van der Waals surface area contributed by atoms with Gasteiger partial charge in [0.2, 0.25) is 5.91 Å². The van der Waals surface area contributed by atoms with Crippen LogP contribution in [0.3, 0.4) is 0 Å². The number of benzene rings is 1. The standard InChI is InChI=1S/C28H38N2O3S/c1-33-27-22-25(19-20-26(27)31)23-30-28(32)18-16-14-12-10-8-6-4-2-3-5-7-9-11-13-15-17-21-29-24-34/h3-6,9-12,19-20,22,31H,2,7-8,13-18,21,23H2,1H3,(H,30,32)/b5-3-,6-4-,11-9-,12-10-. The molecule has 0 saturated carbocycles. The summed E-state index contributed by atoms with van der Waals surface area (Å²) in [5.41, 5.74) is 0.890. The second-order valence-corrected chi connectivity index (χ2v) is 7.92. The average molecular weight is 483 g/mol. The number of amides is 1. The first-order chi connectivity index (χ1) is 16.7. The van der Waals surface area contributed by atoms with Crippen LogP contribution in [0.15, 0.2) is 71.8 Å². The van der Waals surface area contributed by atoms with Gasteiger partial charge in [0.25, 0.3) is 0 Å². The van der Waals surface area contributed by atoms with Crippen molar-refractivity contribution in [2.24, 2.45) is 4.99 Å². The van der Waals surface area contributed by atoms with E-state index >= 15 is 0 Å². The van der Waals surface area contributed by atoms with Crippen molar-refractivity contribution in [3.63, 3.8) is 0 Å². The summed E-state index contributed by atoms with van der Waals surface area (Å²) in [5, 5.41) is 14.9. The van der Waals surface area contributed by atoms with Crippen molar-refractivity contribution in [1.29, 1.82) is 0 Å². The lowest BCUT2D eigenvalue weighted by Crippen LogP contribution is -2.22. The average Bonchev–Trinajstić information content (AvgIpc) is 2.85. The fraction of sp³-hybridized carbons (Fsp3) is 0.429. The molecule has 0 fully saturated rings. The number of aromatic hydroxyl groups is 1. The van der Waals surface area contributed by atoms with Gasteiger partial charge in [0.15, 0.2) is 11.5 Å². The maximum Gasteiger partial charge on any atom is 0.220 e. The molecule has 0 radical (unpaired) electrons. The maximum absolute atomic E-state index is 12.0. The van der Waals surface area contributed by atoms with Crippen molar-refractivity contribution in [3.8, 4) is 11.5 Å². The maximum atomic E-state index is 12.0. The molecule has 0 aliphatic carbocycles. The summed E-state index contributed by atoms with van der Waals surface area (Å²) in [6.07, 6.45) is 25.8. The molecule has 0 aliphatic heterocycles. The lowest BCUT2D eigenvalue weighted by atomic mass is 10.2. The molecule has 2 N–H and O–H groups in total. The fourth-order valence-electron chi connectivity index (χ4n) is 3.05. The highest BCUT2D eigenvalue weighted by atomic mass is 32.1. The predicted octanol–water partition coefficient (Wildman–Crippen LogP) is 6.86. The first-order valence-corrected chi connectivity index (χ1v) is 12.3. The third-order valence-corrected chi connectivity index (χ3v) is 5.08. The highest BCUT2D eigenvalue weighted by Crippen LogP contribution is 2.26. The minimum absolute atomic E-state index is 0.0266. The number of aliphatic imine (C=N–C) groups is 1. The van der Waals surface area contributed by atoms with Crippen molar-refractivity contribution in [2.45, 2.75) is 64.3 Å². The Morgan fingerprint density at radius 1 is 1.00 bits per heavy atom. The molecule has 0 bridgehead atoms. The molecule has 1 aromatic carbocycles. The normalized spacial score (nSPS) is 11.6. The van der Waals surface area contributed by atoms with Gasteiger partial charge in [-0.3, -0.25) is 4.79 Å². The minimum atomic E-state index is 0.0266. The van der Waals surface area contributed by atoms with Crippen LogP contribution < -0.4 is 10.1 Å². The third kappa shape index (κ3) is 15.8. The zero-order valence-corrected chi connectivity index (χ0v) is 21.1. The summed E-state index contributed by atoms with van der Waals surface area (Å²) in [5.74, 6) is 0.529. The van der Waals surface area contributed by atoms with E-state index in [1.165, 1.54) is 7.11 Å². The topological polar surface area (TPSA) is 70.9 Å². The van der Waals surface area contributed by atoms with E-state index in [0.29, 0.717) is 18.7 Å². The summed E-state index contributed by atoms with van der Waals surface area (Å²) in [4.78, 5) is 15.9. The van der Waals surface area contributed by atoms with Crippen molar-refractivity contribution >= 4 is 23.3 Å². The van der Waals surface area contributed by atoms with Gasteiger partial charge in [0.1, 0.15) is 0 Å². The van der Waals surface area contributed by atoms with Crippen LogP contribution in [0.1, 0.15) is 63.4 Å². The SMILES string of the molecule is COc1cc(CNC(=O)CCC/C=C\C/C=C\C/C=C\C/C=C\CCCCN=C=S)ccc1O. The highest BCUT2D eigenvalue weighted by Gasteiger charge is 2.04. The molecule has 184 valence electrons. The molecule has 0 aliphatic rings. The molecular weight excluding hydrogens is 444 g/mol. The summed E-state index contributed by atoms with van der Waals surface area (Å²) in [7, 11) is 1.50. The van der Waals surface area contributed by atoms with Gasteiger partial charge in [-0.25, -0.2) is 4.99 Å². The van der Waals surface area contributed by atoms with E-state index in [-0.39, 0.29) is 11.7 Å². The molecule has 1 amide bonds. The molecule has 34 heavy (non-hydrogen) atoms. The minimum Gasteiger partial charge on any atom is -0.504 e. The van der Waals surface area contributed by atoms with Gasteiger partial charge in [-0.05, 0) is 81.3 Å². The van der Waals surface area contributed by atoms with Crippen molar-refractivity contribution in [1.82, 2.24) is 5.32 Å². The van der Waals surface area contributed by atoms with Crippen molar-refractivity contribution < 1.29 is 14.6 Å². The number of hydrogen-bond donors (Lipinski definition) is 2. The van der Waals surface area contributed by atoms with Crippen LogP contribution in [-0.2, 0) is 11.3 Å². The Morgan fingerprint density at radius 3 is 2.24 bits per heavy atom. The Labute approximate surface area is 210 Å². The van der Waals surface area contributed by atoms with Crippen molar-refractivity contribution in [3.05, 3.63) is 72.4 Å². The number of unbranched alkanes of at least 4 members (excludes halogenated alkanes) is 3. The third-order valence-electron chi connectivity index (χ3n) is 4.95. The lowest BCUT2D eigenvalue weighted by molar-refractivity contribution is -0.121. The van der Waals surface area contributed by atoms with E-state index in [4.69, 9.17) is 4.74 Å². The van der Waals surface area contributed by atoms with E-state index < -0.39 is 0 Å². The van der Waals surface area contributed by atoms with E-state index in [0.717, 1.165) is 63.5 Å². The number of methoxy groups -OCH3 is 1. The predicted molar refractivity (Wildman–Crippen MR) is 145 cm³/mol. The molecule has 0 heterocycles. The van der Waals surface area contributed by atoms with E-state index in [1.54, 1.807) is 18.2 Å². The summed E-state index contributed by atoms with van der Waals surface area (Å²) >= 11 is 4.54. The number of nitrogens with one attached hydrogen (secondary N) is 1. The molecule has 6 heteroatoms. The second-order valence-electron chi connectivity index (χ2n) is 7.74. The molecule has 0 spiro atoms. The number of phenols is 1. The van der Waals surface area contributed by atoms with Gasteiger partial charge in [-0.2, -0.15) is 0 Å². The Bertz CT molecular complexity index is 868. The number of carbonyl (C=O) groups is 1. The van der Waals surface area contributed by atoms with Gasteiger partial charge in [0, 0.05) is 19.5 Å². The number of carbonyl (C=O) groups excluding carboxylic acids is 1. The van der Waals surface area contributed by atoms with Gasteiger partial charge < -0.3 is 15.2 Å². The number of isothiocyanates is 1. The largest absolute Gasteiger partial charge is 0.504 e. The number of rotatable bonds is 18. The zero-order valence-electron chi connectivity index (χ0n) is 20.2. The number of phenolic OH excluding ortho intramolecular Hbond substituents is 1. The first-order valence-electron chi connectivity index (χ1n) is 11.9. The Balaban J connectivity index is 2.01. The molecule has 1 aromatic rings. The molecule has 0 atom stereocenters. The van der Waals surface area contributed by atoms with Crippen LogP contribution in [0.25, 0.3) is 0 Å². The zero-order chi connectivity index (χ0) is 24.7. The first kappa shape index (κ1) is 29.1. The highest BCUT2D eigenvalue weighted by molar-refractivity contribution is 7.78. The summed E-state index contributed by atoms with van der Waals surface area (Å²) in [6, 6.07) is 5.06. The fourth-order valence-corrected chi connectivity index (χ4v) is 3.14. The molecule has 0 saturated heterocycles. The van der Waals surface area contributed by atoms with E-state index in [1.807, 2.05) is 0 Å². The van der Waals surface area contributed by atoms with Crippen LogP contribution >= 0.6 is 12.2 Å². The second kappa shape index (κ2) is 20.6. The van der Waals surface area contributed by atoms with Gasteiger partial charge >= 0.3 is 0 Å². The van der Waals surface area contributed by atoms with Crippen LogP contribution in [0, 0.1) is 0 Å². The van der Waals surface area contributed by atoms with Gasteiger partial charge in [-0.15, -0.1) is 0 Å². The number of hydrogen-bond acceptors (Lipinski definition) is 5. The van der Waals surface area contributed by atoms with Crippen LogP contribution in [0.2, 0.25) is 0 Å². The number of allylic oxidation sites excluding steroid dienone is 8. The van der Waals surface area contributed by atoms with E-state index in [9.17, 15) is 9.90 Å². The van der Waals surface area contributed by atoms with Gasteiger partial charge in [0.05, 0.1) is 12.3 Å². The Hall–Kier alpha value is -2.95. The molecule has 0 aromatic heterocycles. The summed E-state index contributed by atoms with van der Waals surface area (Å²) < 4.78 is 5.08. The number of nitrogens with zero attached hydrogens (tertiary/aromatic N) is 1. The van der Waals surface area contributed by atoms with Crippen LogP contribution in [-0.4, -0.2) is 29.8 Å². The van der Waals surface area contributed by atoms with Crippen LogP contribution in [0.4, 0.5) is 0 Å². The summed E-state index contributed by atoms with van der Waals surface area (Å²) in [6.45, 7) is 1.21. The smallest absolute Gasteiger partial charge is 0.220 e. The van der Waals surface area contributed by atoms with E-state index in [2.05, 4.69) is 76.3 Å². The molecular formula is C28H38N2O3S. The lowest BCUT2D eigenvalue weighted by Gasteiger charge is -2.08. The molecule has 5 nitrogen and oxygen atoms in total. The van der Waals surface area contributed by atoms with Gasteiger partial charge in [-0.1, -0.05) is 54.7 Å². The Morgan fingerprint density at radius 2 is 1.62 bits per heavy atom. The Kier molecular flexibility index (Phi) is 17.7. The monoisotopic (exact) mass is 482 g/mol. The molecule has 0 unspecified atom stereocenters. The number of thiocarbonyl (C=S) groups is 1. The quantitative estimate of drug-likeness (QED) is 0.104. The van der Waals surface area contributed by atoms with Crippen molar-refractivity contribution in [2.75, 3.05) is 13.7 Å². The van der Waals surface area contributed by atoms with Crippen LogP contribution in [0.5, 0.6) is 11.5 Å². The molecule has 1 rings (SSSR count). The number of ether oxygens (including phenoxy) is 1.